The van der Waals surface area contributed by atoms with Gasteiger partial charge in [0.2, 0.25) is 0 Å². The summed E-state index contributed by atoms with van der Waals surface area (Å²) in [6.07, 6.45) is 3.51. The van der Waals surface area contributed by atoms with Gasteiger partial charge in [-0.05, 0) is 26.2 Å². The van der Waals surface area contributed by atoms with E-state index in [-0.39, 0.29) is 12.1 Å². The lowest BCUT2D eigenvalue weighted by Gasteiger charge is -2.11. The SMILES string of the molecule is CCC(=O)OC(C)CCCCOC. The van der Waals surface area contributed by atoms with Gasteiger partial charge in [-0.3, -0.25) is 4.79 Å². The van der Waals surface area contributed by atoms with Gasteiger partial charge in [0.25, 0.3) is 0 Å². The molecule has 1 unspecified atom stereocenters. The van der Waals surface area contributed by atoms with Crippen LogP contribution in [0.2, 0.25) is 0 Å². The summed E-state index contributed by atoms with van der Waals surface area (Å²) in [7, 11) is 1.69. The number of esters is 1. The van der Waals surface area contributed by atoms with Crippen molar-refractivity contribution in [3.05, 3.63) is 0 Å². The highest BCUT2D eigenvalue weighted by molar-refractivity contribution is 5.69. The summed E-state index contributed by atoms with van der Waals surface area (Å²) in [5.74, 6) is -0.112. The summed E-state index contributed by atoms with van der Waals surface area (Å²) >= 11 is 0. The van der Waals surface area contributed by atoms with Gasteiger partial charge in [0, 0.05) is 20.1 Å². The third-order valence-electron chi connectivity index (χ3n) is 1.83. The van der Waals surface area contributed by atoms with Crippen LogP contribution in [0.15, 0.2) is 0 Å². The number of unbranched alkanes of at least 4 members (excludes halogenated alkanes) is 1. The third kappa shape index (κ3) is 7.78. The molecule has 0 aliphatic heterocycles. The van der Waals surface area contributed by atoms with Crippen LogP contribution in [0.25, 0.3) is 0 Å². The van der Waals surface area contributed by atoms with E-state index in [0.29, 0.717) is 6.42 Å². The van der Waals surface area contributed by atoms with Crippen molar-refractivity contribution >= 4 is 5.97 Å². The van der Waals surface area contributed by atoms with Crippen LogP contribution in [0.3, 0.4) is 0 Å². The molecule has 0 amide bonds. The smallest absolute Gasteiger partial charge is 0.305 e. The maximum absolute atomic E-state index is 10.9. The van der Waals surface area contributed by atoms with E-state index in [1.165, 1.54) is 0 Å². The average Bonchev–Trinajstić information content (AvgIpc) is 2.12. The van der Waals surface area contributed by atoms with E-state index in [9.17, 15) is 4.79 Å². The molecule has 0 aromatic rings. The minimum Gasteiger partial charge on any atom is -0.463 e. The van der Waals surface area contributed by atoms with Crippen molar-refractivity contribution in [2.45, 2.75) is 45.6 Å². The van der Waals surface area contributed by atoms with E-state index >= 15 is 0 Å². The van der Waals surface area contributed by atoms with Crippen molar-refractivity contribution < 1.29 is 14.3 Å². The van der Waals surface area contributed by atoms with E-state index in [2.05, 4.69) is 0 Å². The van der Waals surface area contributed by atoms with Crippen LogP contribution in [0.5, 0.6) is 0 Å². The molecule has 78 valence electrons. The van der Waals surface area contributed by atoms with Crippen LogP contribution in [-0.4, -0.2) is 25.8 Å². The maximum atomic E-state index is 10.9. The summed E-state index contributed by atoms with van der Waals surface area (Å²) < 4.78 is 10.0. The Hall–Kier alpha value is -0.570. The molecule has 0 saturated carbocycles. The Morgan fingerprint density at radius 3 is 2.62 bits per heavy atom. The van der Waals surface area contributed by atoms with Gasteiger partial charge in [-0.25, -0.2) is 0 Å². The van der Waals surface area contributed by atoms with Crippen molar-refractivity contribution in [1.82, 2.24) is 0 Å². The Kier molecular flexibility index (Phi) is 7.69. The van der Waals surface area contributed by atoms with E-state index in [1.54, 1.807) is 14.0 Å². The number of methoxy groups -OCH3 is 1. The first kappa shape index (κ1) is 12.4. The lowest BCUT2D eigenvalue weighted by atomic mass is 10.2. The highest BCUT2D eigenvalue weighted by Crippen LogP contribution is 2.05. The normalized spacial score (nSPS) is 12.5. The molecule has 0 radical (unpaired) electrons. The lowest BCUT2D eigenvalue weighted by Crippen LogP contribution is -2.13. The second-order valence-corrected chi connectivity index (χ2v) is 3.14. The molecule has 0 N–H and O–H groups in total. The van der Waals surface area contributed by atoms with Crippen molar-refractivity contribution in [3.63, 3.8) is 0 Å². The van der Waals surface area contributed by atoms with Crippen molar-refractivity contribution in [2.24, 2.45) is 0 Å². The monoisotopic (exact) mass is 188 g/mol. The molecular weight excluding hydrogens is 168 g/mol. The predicted octanol–water partition coefficient (Wildman–Crippen LogP) is 2.14. The highest BCUT2D eigenvalue weighted by atomic mass is 16.5. The van der Waals surface area contributed by atoms with Crippen LogP contribution in [0.4, 0.5) is 0 Å². The number of carbonyl (C=O) groups is 1. The summed E-state index contributed by atoms with van der Waals surface area (Å²) in [4.78, 5) is 10.9. The van der Waals surface area contributed by atoms with E-state index in [0.717, 1.165) is 25.9 Å². The van der Waals surface area contributed by atoms with E-state index in [4.69, 9.17) is 9.47 Å². The Morgan fingerprint density at radius 2 is 2.08 bits per heavy atom. The van der Waals surface area contributed by atoms with Gasteiger partial charge in [0.1, 0.15) is 0 Å². The minimum atomic E-state index is -0.112. The molecule has 0 aliphatic rings. The summed E-state index contributed by atoms with van der Waals surface area (Å²) in [6, 6.07) is 0. The first-order valence-electron chi connectivity index (χ1n) is 4.89. The predicted molar refractivity (Wildman–Crippen MR) is 51.6 cm³/mol. The quantitative estimate of drug-likeness (QED) is 0.453. The van der Waals surface area contributed by atoms with E-state index < -0.39 is 0 Å². The number of hydrogen-bond donors (Lipinski definition) is 0. The van der Waals surface area contributed by atoms with Gasteiger partial charge in [0.15, 0.2) is 0 Å². The van der Waals surface area contributed by atoms with Gasteiger partial charge in [-0.1, -0.05) is 6.92 Å². The van der Waals surface area contributed by atoms with Crippen LogP contribution >= 0.6 is 0 Å². The largest absolute Gasteiger partial charge is 0.463 e. The molecule has 0 bridgehead atoms. The molecule has 3 heteroatoms. The first-order chi connectivity index (χ1) is 6.20. The molecule has 0 aromatic carbocycles. The van der Waals surface area contributed by atoms with Crippen molar-refractivity contribution in [3.8, 4) is 0 Å². The lowest BCUT2D eigenvalue weighted by molar-refractivity contribution is -0.148. The first-order valence-corrected chi connectivity index (χ1v) is 4.89. The van der Waals surface area contributed by atoms with Crippen LogP contribution in [0.1, 0.15) is 39.5 Å². The number of ether oxygens (including phenoxy) is 2. The average molecular weight is 188 g/mol. The molecule has 0 aliphatic carbocycles. The zero-order chi connectivity index (χ0) is 10.1. The highest BCUT2D eigenvalue weighted by Gasteiger charge is 2.06. The molecule has 0 aromatic heterocycles. The Bertz CT molecular complexity index is 134. The number of carbonyl (C=O) groups excluding carboxylic acids is 1. The van der Waals surface area contributed by atoms with Gasteiger partial charge in [-0.15, -0.1) is 0 Å². The second-order valence-electron chi connectivity index (χ2n) is 3.14. The fourth-order valence-electron chi connectivity index (χ4n) is 1.04. The third-order valence-corrected chi connectivity index (χ3v) is 1.83. The van der Waals surface area contributed by atoms with Gasteiger partial charge >= 0.3 is 5.97 Å². The van der Waals surface area contributed by atoms with Gasteiger partial charge in [0.05, 0.1) is 6.10 Å². The molecule has 0 spiro atoms. The molecule has 0 rings (SSSR count). The van der Waals surface area contributed by atoms with Gasteiger partial charge in [-0.2, -0.15) is 0 Å². The Morgan fingerprint density at radius 1 is 1.38 bits per heavy atom. The standard InChI is InChI=1S/C10H20O3/c1-4-10(11)13-9(2)7-5-6-8-12-3/h9H,4-8H2,1-3H3. The molecule has 13 heavy (non-hydrogen) atoms. The summed E-state index contributed by atoms with van der Waals surface area (Å²) in [6.45, 7) is 4.52. The molecule has 3 nitrogen and oxygen atoms in total. The Labute approximate surface area is 80.4 Å². The fourth-order valence-corrected chi connectivity index (χ4v) is 1.04. The summed E-state index contributed by atoms with van der Waals surface area (Å²) in [5, 5.41) is 0. The number of rotatable bonds is 7. The zero-order valence-corrected chi connectivity index (χ0v) is 8.84. The molecule has 0 heterocycles. The van der Waals surface area contributed by atoms with Crippen LogP contribution < -0.4 is 0 Å². The molecule has 0 fully saturated rings. The molecular formula is C10H20O3. The number of hydrogen-bond acceptors (Lipinski definition) is 3. The minimum absolute atomic E-state index is 0.0457. The zero-order valence-electron chi connectivity index (χ0n) is 8.84. The van der Waals surface area contributed by atoms with Crippen molar-refractivity contribution in [1.29, 1.82) is 0 Å². The maximum Gasteiger partial charge on any atom is 0.305 e. The van der Waals surface area contributed by atoms with Crippen LogP contribution in [0, 0.1) is 0 Å². The van der Waals surface area contributed by atoms with Crippen molar-refractivity contribution in [2.75, 3.05) is 13.7 Å². The second kappa shape index (κ2) is 8.05. The van der Waals surface area contributed by atoms with Crippen LogP contribution in [-0.2, 0) is 14.3 Å². The molecule has 0 saturated heterocycles. The fraction of sp³-hybridized carbons (Fsp3) is 0.900. The van der Waals surface area contributed by atoms with E-state index in [1.807, 2.05) is 6.92 Å². The summed E-state index contributed by atoms with van der Waals surface area (Å²) in [5.41, 5.74) is 0. The topological polar surface area (TPSA) is 35.5 Å². The molecule has 1 atom stereocenters. The van der Waals surface area contributed by atoms with Gasteiger partial charge < -0.3 is 9.47 Å². The Balaban J connectivity index is 3.29.